The molecule has 1 N–H and O–H groups in total. The fourth-order valence-electron chi connectivity index (χ4n) is 2.36. The first-order chi connectivity index (χ1) is 11.1. The Morgan fingerprint density at radius 3 is 2.65 bits per heavy atom. The minimum absolute atomic E-state index is 0.0591. The van der Waals surface area contributed by atoms with Gasteiger partial charge in [-0.1, -0.05) is 18.2 Å². The highest BCUT2D eigenvalue weighted by molar-refractivity contribution is 5.73. The van der Waals surface area contributed by atoms with Crippen molar-refractivity contribution < 1.29 is 4.79 Å². The largest absolute Gasteiger partial charge is 0.375 e. The van der Waals surface area contributed by atoms with E-state index in [9.17, 15) is 4.79 Å². The number of hydrogen-bond acceptors (Lipinski definition) is 3. The summed E-state index contributed by atoms with van der Waals surface area (Å²) < 4.78 is 1.74. The zero-order valence-electron chi connectivity index (χ0n) is 14.1. The molecule has 0 aliphatic carbocycles. The smallest absolute Gasteiger partial charge is 0.317 e. The Morgan fingerprint density at radius 2 is 2.00 bits per heavy atom. The van der Waals surface area contributed by atoms with Gasteiger partial charge < -0.3 is 15.1 Å². The predicted molar refractivity (Wildman–Crippen MR) is 92.4 cm³/mol. The molecule has 0 bridgehead atoms. The third-order valence-electron chi connectivity index (χ3n) is 3.67. The topological polar surface area (TPSA) is 53.4 Å². The molecule has 1 heterocycles. The number of para-hydroxylation sites is 1. The van der Waals surface area contributed by atoms with Crippen molar-refractivity contribution in [1.82, 2.24) is 20.0 Å². The van der Waals surface area contributed by atoms with Crippen molar-refractivity contribution in [1.29, 1.82) is 0 Å². The Bertz CT molecular complexity index is 610. The zero-order chi connectivity index (χ0) is 16.7. The average Bonchev–Trinajstić information content (AvgIpc) is 2.96. The first-order valence-corrected chi connectivity index (χ1v) is 7.79. The molecule has 23 heavy (non-hydrogen) atoms. The van der Waals surface area contributed by atoms with E-state index in [1.165, 1.54) is 5.69 Å². The summed E-state index contributed by atoms with van der Waals surface area (Å²) >= 11 is 0. The van der Waals surface area contributed by atoms with Gasteiger partial charge in [0.15, 0.2) is 0 Å². The minimum Gasteiger partial charge on any atom is -0.375 e. The van der Waals surface area contributed by atoms with Gasteiger partial charge in [0.1, 0.15) is 0 Å². The van der Waals surface area contributed by atoms with Gasteiger partial charge in [-0.15, -0.1) is 0 Å². The summed E-state index contributed by atoms with van der Waals surface area (Å²) in [6.45, 7) is 2.12. The van der Waals surface area contributed by atoms with Gasteiger partial charge in [0.05, 0.1) is 12.7 Å². The van der Waals surface area contributed by atoms with Gasteiger partial charge in [-0.2, -0.15) is 5.10 Å². The number of carbonyl (C=O) groups excluding carboxylic acids is 1. The predicted octanol–water partition coefficient (Wildman–Crippen LogP) is 2.09. The number of hydrogen-bond donors (Lipinski definition) is 1. The molecule has 0 aliphatic heterocycles. The molecule has 2 amide bonds. The summed E-state index contributed by atoms with van der Waals surface area (Å²) in [5, 5.41) is 7.05. The highest BCUT2D eigenvalue weighted by Gasteiger charge is 2.09. The van der Waals surface area contributed by atoms with Crippen molar-refractivity contribution in [3.05, 3.63) is 48.3 Å². The second-order valence-electron chi connectivity index (χ2n) is 5.72. The van der Waals surface area contributed by atoms with Gasteiger partial charge in [0, 0.05) is 51.7 Å². The second-order valence-corrected chi connectivity index (χ2v) is 5.72. The van der Waals surface area contributed by atoms with Crippen molar-refractivity contribution >= 4 is 11.7 Å². The van der Waals surface area contributed by atoms with Crippen LogP contribution in [0.5, 0.6) is 0 Å². The van der Waals surface area contributed by atoms with Gasteiger partial charge in [-0.3, -0.25) is 4.68 Å². The second kappa shape index (κ2) is 8.22. The molecule has 6 heteroatoms. The van der Waals surface area contributed by atoms with Crippen LogP contribution in [-0.2, 0) is 13.6 Å². The summed E-state index contributed by atoms with van der Waals surface area (Å²) in [5.74, 6) is 0. The van der Waals surface area contributed by atoms with Crippen LogP contribution in [0.1, 0.15) is 12.0 Å². The van der Waals surface area contributed by atoms with Crippen LogP contribution >= 0.6 is 0 Å². The molecule has 0 saturated carbocycles. The first-order valence-electron chi connectivity index (χ1n) is 7.79. The van der Waals surface area contributed by atoms with E-state index in [1.807, 2.05) is 31.4 Å². The van der Waals surface area contributed by atoms with Crippen molar-refractivity contribution in [2.45, 2.75) is 13.0 Å². The highest BCUT2D eigenvalue weighted by Crippen LogP contribution is 2.10. The van der Waals surface area contributed by atoms with E-state index in [0.717, 1.165) is 18.5 Å². The third-order valence-corrected chi connectivity index (χ3v) is 3.67. The number of carbonyl (C=O) groups is 1. The first kappa shape index (κ1) is 16.9. The van der Waals surface area contributed by atoms with E-state index in [-0.39, 0.29) is 6.03 Å². The fraction of sp³-hybridized carbons (Fsp3) is 0.412. The van der Waals surface area contributed by atoms with E-state index in [0.29, 0.717) is 13.1 Å². The standard InChI is InChI=1S/C17H25N5O/c1-20(16-8-5-4-6-9-16)11-7-10-18-17(23)21(2)13-15-12-19-22(3)14-15/h4-6,8-9,12,14H,7,10-11,13H2,1-3H3,(H,18,23). The molecule has 0 atom stereocenters. The lowest BCUT2D eigenvalue weighted by molar-refractivity contribution is 0.207. The maximum absolute atomic E-state index is 12.0. The Kier molecular flexibility index (Phi) is 6.02. The van der Waals surface area contributed by atoms with Crippen molar-refractivity contribution in [2.75, 3.05) is 32.1 Å². The number of rotatable bonds is 7. The molecule has 0 spiro atoms. The maximum atomic E-state index is 12.0. The molecule has 1 aromatic carbocycles. The number of nitrogens with one attached hydrogen (secondary N) is 1. The number of anilines is 1. The summed E-state index contributed by atoms with van der Waals surface area (Å²) in [5.41, 5.74) is 2.21. The van der Waals surface area contributed by atoms with Crippen molar-refractivity contribution in [2.24, 2.45) is 7.05 Å². The van der Waals surface area contributed by atoms with Crippen molar-refractivity contribution in [3.8, 4) is 0 Å². The van der Waals surface area contributed by atoms with Crippen LogP contribution in [0.3, 0.4) is 0 Å². The molecule has 0 unspecified atom stereocenters. The van der Waals surface area contributed by atoms with E-state index in [1.54, 1.807) is 22.8 Å². The van der Waals surface area contributed by atoms with E-state index >= 15 is 0 Å². The summed E-state index contributed by atoms with van der Waals surface area (Å²) in [6, 6.07) is 10.2. The minimum atomic E-state index is -0.0591. The Balaban J connectivity index is 1.66. The molecule has 124 valence electrons. The van der Waals surface area contributed by atoms with Crippen molar-refractivity contribution in [3.63, 3.8) is 0 Å². The quantitative estimate of drug-likeness (QED) is 0.796. The van der Waals surface area contributed by atoms with Crippen LogP contribution in [0, 0.1) is 0 Å². The van der Waals surface area contributed by atoms with Crippen LogP contribution < -0.4 is 10.2 Å². The number of urea groups is 1. The van der Waals surface area contributed by atoms with Crippen LogP contribution in [-0.4, -0.2) is 47.9 Å². The number of benzene rings is 1. The van der Waals surface area contributed by atoms with Gasteiger partial charge >= 0.3 is 6.03 Å². The van der Waals surface area contributed by atoms with Crippen LogP contribution in [0.2, 0.25) is 0 Å². The number of amides is 2. The maximum Gasteiger partial charge on any atom is 0.317 e. The summed E-state index contributed by atoms with van der Waals surface area (Å²) in [7, 11) is 5.72. The van der Waals surface area contributed by atoms with Gasteiger partial charge in [0.2, 0.25) is 0 Å². The summed E-state index contributed by atoms with van der Waals surface area (Å²) in [6.07, 6.45) is 4.59. The number of nitrogens with zero attached hydrogens (tertiary/aromatic N) is 4. The Labute approximate surface area is 137 Å². The molecule has 0 saturated heterocycles. The summed E-state index contributed by atoms with van der Waals surface area (Å²) in [4.78, 5) is 15.9. The van der Waals surface area contributed by atoms with Gasteiger partial charge in [-0.25, -0.2) is 4.79 Å². The lowest BCUT2D eigenvalue weighted by atomic mass is 10.3. The molecule has 2 rings (SSSR count). The highest BCUT2D eigenvalue weighted by atomic mass is 16.2. The Morgan fingerprint density at radius 1 is 1.26 bits per heavy atom. The monoisotopic (exact) mass is 315 g/mol. The van der Waals surface area contributed by atoms with Crippen LogP contribution in [0.4, 0.5) is 10.5 Å². The molecular weight excluding hydrogens is 290 g/mol. The molecule has 0 aliphatic rings. The lowest BCUT2D eigenvalue weighted by Crippen LogP contribution is -2.38. The van der Waals surface area contributed by atoms with E-state index in [2.05, 4.69) is 34.5 Å². The van der Waals surface area contributed by atoms with Gasteiger partial charge in [0.25, 0.3) is 0 Å². The SMILES string of the molecule is CN(Cc1cnn(C)c1)C(=O)NCCCN(C)c1ccccc1. The third kappa shape index (κ3) is 5.32. The van der Waals surface area contributed by atoms with E-state index < -0.39 is 0 Å². The number of aryl methyl sites for hydroxylation is 1. The fourth-order valence-corrected chi connectivity index (χ4v) is 2.36. The molecule has 0 radical (unpaired) electrons. The van der Waals surface area contributed by atoms with Crippen LogP contribution in [0.25, 0.3) is 0 Å². The molecule has 6 nitrogen and oxygen atoms in total. The Hall–Kier alpha value is -2.50. The van der Waals surface area contributed by atoms with Gasteiger partial charge in [-0.05, 0) is 18.6 Å². The van der Waals surface area contributed by atoms with E-state index in [4.69, 9.17) is 0 Å². The zero-order valence-corrected chi connectivity index (χ0v) is 14.1. The average molecular weight is 315 g/mol. The molecule has 0 fully saturated rings. The molecule has 2 aromatic rings. The lowest BCUT2D eigenvalue weighted by Gasteiger charge is -2.20. The molecular formula is C17H25N5O. The number of aromatic nitrogens is 2. The molecule has 1 aromatic heterocycles. The van der Waals surface area contributed by atoms with Crippen LogP contribution in [0.15, 0.2) is 42.7 Å². The normalized spacial score (nSPS) is 10.4.